The Morgan fingerprint density at radius 1 is 1.27 bits per heavy atom. The van der Waals surface area contributed by atoms with Crippen LogP contribution in [0.4, 0.5) is 0 Å². The number of pyridine rings is 1. The molecule has 0 bridgehead atoms. The summed E-state index contributed by atoms with van der Waals surface area (Å²) in [7, 11) is 1.95. The van der Waals surface area contributed by atoms with Crippen LogP contribution in [-0.2, 0) is 22.8 Å². The Balaban J connectivity index is 2.41. The van der Waals surface area contributed by atoms with E-state index < -0.39 is 20.7 Å². The predicted octanol–water partition coefficient (Wildman–Crippen LogP) is 2.32. The first-order valence-electron chi connectivity index (χ1n) is 8.02. The van der Waals surface area contributed by atoms with Gasteiger partial charge in [-0.3, -0.25) is 4.79 Å². The van der Waals surface area contributed by atoms with Gasteiger partial charge < -0.3 is 23.1 Å². The molecule has 0 aliphatic heterocycles. The van der Waals surface area contributed by atoms with Crippen molar-refractivity contribution < 1.29 is 32.7 Å². The highest BCUT2D eigenvalue weighted by Crippen LogP contribution is 2.23. The first-order chi connectivity index (χ1) is 12.4. The average Bonchev–Trinajstić information content (AvgIpc) is 2.66. The summed E-state index contributed by atoms with van der Waals surface area (Å²) < 4.78 is 21.2. The largest absolute Gasteiger partial charge is 0.500 e. The third-order valence-electron chi connectivity index (χ3n) is 3.68. The van der Waals surface area contributed by atoms with E-state index in [-0.39, 0.29) is 18.1 Å². The third-order valence-corrected chi connectivity index (χ3v) is 7.78. The number of aromatic carboxylic acids is 1. The van der Waals surface area contributed by atoms with Crippen LogP contribution in [0.5, 0.6) is 0 Å². The lowest BCUT2D eigenvalue weighted by molar-refractivity contribution is -0.147. The number of carboxylic acid groups (broad SMARTS) is 1. The van der Waals surface area contributed by atoms with Gasteiger partial charge in [-0.2, -0.15) is 0 Å². The molecule has 10 heteroatoms. The summed E-state index contributed by atoms with van der Waals surface area (Å²) in [6.07, 6.45) is 2.09. The molecule has 0 amide bonds. The minimum Gasteiger partial charge on any atom is -0.478 e. The number of aromatic nitrogens is 1. The molecule has 0 aliphatic rings. The van der Waals surface area contributed by atoms with Crippen LogP contribution in [0.1, 0.15) is 23.7 Å². The van der Waals surface area contributed by atoms with Gasteiger partial charge in [0.25, 0.3) is 0 Å². The molecule has 1 atom stereocenters. The van der Waals surface area contributed by atoms with Crippen molar-refractivity contribution in [2.75, 3.05) is 33.7 Å². The molecule has 1 aromatic rings. The van der Waals surface area contributed by atoms with Crippen LogP contribution in [0.2, 0.25) is 6.04 Å². The summed E-state index contributed by atoms with van der Waals surface area (Å²) in [5.74, 6) is -1.40. The van der Waals surface area contributed by atoms with Gasteiger partial charge in [0.05, 0.1) is 18.1 Å². The summed E-state index contributed by atoms with van der Waals surface area (Å²) in [5, 5.41) is 9.52. The number of hydrogen-bond acceptors (Lipinski definition) is 8. The maximum Gasteiger partial charge on any atom is 0.500 e. The van der Waals surface area contributed by atoms with Gasteiger partial charge in [-0.05, 0) is 18.6 Å². The van der Waals surface area contributed by atoms with E-state index in [4.69, 9.17) is 23.1 Å². The summed E-state index contributed by atoms with van der Waals surface area (Å²) in [5.41, 5.74) is 0.123. The predicted molar refractivity (Wildman–Crippen MR) is 98.2 cm³/mol. The van der Waals surface area contributed by atoms with Crippen LogP contribution < -0.4 is 0 Å². The Labute approximate surface area is 158 Å². The molecule has 0 fully saturated rings. The fourth-order valence-electron chi connectivity index (χ4n) is 2.10. The number of carboxylic acids is 1. The van der Waals surface area contributed by atoms with E-state index in [1.807, 2.05) is 0 Å². The van der Waals surface area contributed by atoms with Gasteiger partial charge in [-0.15, -0.1) is 11.8 Å². The van der Waals surface area contributed by atoms with Crippen LogP contribution in [0.25, 0.3) is 0 Å². The van der Waals surface area contributed by atoms with E-state index >= 15 is 0 Å². The van der Waals surface area contributed by atoms with Gasteiger partial charge in [0, 0.05) is 39.3 Å². The Kier molecular flexibility index (Phi) is 9.81. The average molecular weight is 404 g/mol. The van der Waals surface area contributed by atoms with Crippen LogP contribution in [0.3, 0.4) is 0 Å². The second kappa shape index (κ2) is 11.3. The first-order valence-corrected chi connectivity index (χ1v) is 10.9. The summed E-state index contributed by atoms with van der Waals surface area (Å²) in [4.78, 5) is 27.3. The summed E-state index contributed by atoms with van der Waals surface area (Å²) in [6, 6.07) is 3.59. The summed E-state index contributed by atoms with van der Waals surface area (Å²) in [6.45, 7) is 1.97. The molecule has 0 saturated carbocycles. The minimum atomic E-state index is -2.65. The van der Waals surface area contributed by atoms with Gasteiger partial charge in [-0.1, -0.05) is 6.92 Å². The molecule has 8 nitrogen and oxygen atoms in total. The van der Waals surface area contributed by atoms with Crippen LogP contribution in [0, 0.1) is 5.92 Å². The SMILES string of the molecule is CO[Si](CCCOC(=O)C(C)CSc1ncccc1C(=O)O)(OC)OC. The molecular weight excluding hydrogens is 378 g/mol. The van der Waals surface area contributed by atoms with E-state index in [9.17, 15) is 9.59 Å². The van der Waals surface area contributed by atoms with Crippen molar-refractivity contribution in [1.82, 2.24) is 4.98 Å². The smallest absolute Gasteiger partial charge is 0.478 e. The molecule has 0 spiro atoms. The highest BCUT2D eigenvalue weighted by Gasteiger charge is 2.37. The quantitative estimate of drug-likeness (QED) is 0.244. The number of ether oxygens (including phenoxy) is 1. The maximum absolute atomic E-state index is 12.1. The van der Waals surface area contributed by atoms with E-state index in [0.29, 0.717) is 23.2 Å². The highest BCUT2D eigenvalue weighted by atomic mass is 32.2. The lowest BCUT2D eigenvalue weighted by Crippen LogP contribution is -2.42. The van der Waals surface area contributed by atoms with Crippen molar-refractivity contribution in [3.8, 4) is 0 Å². The van der Waals surface area contributed by atoms with Crippen molar-refractivity contribution in [1.29, 1.82) is 0 Å². The van der Waals surface area contributed by atoms with Crippen molar-refractivity contribution in [3.05, 3.63) is 23.9 Å². The van der Waals surface area contributed by atoms with Crippen molar-refractivity contribution >= 4 is 32.5 Å². The van der Waals surface area contributed by atoms with Gasteiger partial charge in [0.15, 0.2) is 0 Å². The number of nitrogens with zero attached hydrogens (tertiary/aromatic N) is 1. The van der Waals surface area contributed by atoms with Crippen molar-refractivity contribution in [2.45, 2.75) is 24.4 Å². The second-order valence-electron chi connectivity index (χ2n) is 5.44. The maximum atomic E-state index is 12.1. The zero-order chi connectivity index (χ0) is 19.6. The molecule has 0 saturated heterocycles. The molecule has 0 aromatic carbocycles. The van der Waals surface area contributed by atoms with Gasteiger partial charge in [-0.25, -0.2) is 9.78 Å². The molecule has 1 unspecified atom stereocenters. The number of thioether (sulfide) groups is 1. The Bertz CT molecular complexity index is 589. The monoisotopic (exact) mass is 403 g/mol. The Morgan fingerprint density at radius 2 is 1.92 bits per heavy atom. The van der Waals surface area contributed by atoms with E-state index in [1.54, 1.807) is 13.0 Å². The zero-order valence-corrected chi connectivity index (χ0v) is 17.2. The molecule has 1 aromatic heterocycles. The van der Waals surface area contributed by atoms with E-state index in [0.717, 1.165) is 0 Å². The molecule has 1 N–H and O–H groups in total. The molecule has 146 valence electrons. The van der Waals surface area contributed by atoms with Gasteiger partial charge in [0.2, 0.25) is 0 Å². The normalized spacial score (nSPS) is 12.6. The standard InChI is InChI=1S/C16H25NO7SSi/c1-12(11-25-14-13(15(18)19)7-5-8-17-14)16(20)24-9-6-10-26(21-2,22-3)23-4/h5,7-8,12H,6,9-11H2,1-4H3,(H,18,19). The fourth-order valence-corrected chi connectivity index (χ4v) is 4.78. The number of rotatable bonds is 12. The van der Waals surface area contributed by atoms with Crippen molar-refractivity contribution in [3.63, 3.8) is 0 Å². The summed E-state index contributed by atoms with van der Waals surface area (Å²) >= 11 is 1.22. The number of esters is 1. The molecule has 0 aliphatic carbocycles. The third kappa shape index (κ3) is 6.69. The number of carbonyl (C=O) groups excluding carboxylic acids is 1. The molecular formula is C16H25NO7SSi. The van der Waals surface area contributed by atoms with Gasteiger partial charge >= 0.3 is 20.7 Å². The molecule has 1 heterocycles. The number of carbonyl (C=O) groups is 2. The lowest BCUT2D eigenvalue weighted by Gasteiger charge is -2.24. The fraction of sp³-hybridized carbons (Fsp3) is 0.562. The Morgan fingerprint density at radius 3 is 2.50 bits per heavy atom. The van der Waals surface area contributed by atoms with Crippen LogP contribution in [0.15, 0.2) is 23.4 Å². The van der Waals surface area contributed by atoms with Crippen LogP contribution >= 0.6 is 11.8 Å². The van der Waals surface area contributed by atoms with Crippen molar-refractivity contribution in [2.24, 2.45) is 5.92 Å². The highest BCUT2D eigenvalue weighted by molar-refractivity contribution is 7.99. The molecule has 26 heavy (non-hydrogen) atoms. The zero-order valence-electron chi connectivity index (χ0n) is 15.4. The second-order valence-corrected chi connectivity index (χ2v) is 9.54. The van der Waals surface area contributed by atoms with Crippen LogP contribution in [-0.4, -0.2) is 64.5 Å². The Hall–Kier alpha value is -1.46. The number of hydrogen-bond donors (Lipinski definition) is 1. The first kappa shape index (κ1) is 22.6. The molecule has 1 rings (SSSR count). The van der Waals surface area contributed by atoms with E-state index in [2.05, 4.69) is 4.98 Å². The molecule has 0 radical (unpaired) electrons. The van der Waals surface area contributed by atoms with E-state index in [1.165, 1.54) is 45.4 Å². The minimum absolute atomic E-state index is 0.123. The van der Waals surface area contributed by atoms with Gasteiger partial charge in [0.1, 0.15) is 5.03 Å². The lowest BCUT2D eigenvalue weighted by atomic mass is 10.2. The topological polar surface area (TPSA) is 104 Å².